The predicted molar refractivity (Wildman–Crippen MR) is 64.4 cm³/mol. The zero-order valence-electron chi connectivity index (χ0n) is 9.09. The second-order valence-corrected chi connectivity index (χ2v) is 5.36. The summed E-state index contributed by atoms with van der Waals surface area (Å²) in [5.41, 5.74) is 5.65. The molecule has 0 aromatic rings. The Morgan fingerprint density at radius 1 is 1.62 bits per heavy atom. The van der Waals surface area contributed by atoms with Gasteiger partial charge in [0.25, 0.3) is 6.47 Å². The van der Waals surface area contributed by atoms with Gasteiger partial charge in [-0.25, -0.2) is 4.99 Å². The highest BCUT2D eigenvalue weighted by Crippen LogP contribution is 2.34. The van der Waals surface area contributed by atoms with Crippen LogP contribution in [-0.4, -0.2) is 42.1 Å². The number of aliphatic imine (C=N–C) groups is 1. The number of carbonyl (C=O) groups excluding carboxylic acids is 1. The largest absolute Gasteiger partial charge is 0.468 e. The highest BCUT2D eigenvalue weighted by molar-refractivity contribution is 8.00. The van der Waals surface area contributed by atoms with E-state index in [9.17, 15) is 4.79 Å². The summed E-state index contributed by atoms with van der Waals surface area (Å²) in [4.78, 5) is 14.4. The maximum absolute atomic E-state index is 9.94. The Kier molecular flexibility index (Phi) is 3.93. The van der Waals surface area contributed by atoms with E-state index >= 15 is 0 Å². The number of fused-ring (bicyclic) bond motifs is 1. The van der Waals surface area contributed by atoms with E-state index in [0.717, 1.165) is 25.0 Å². The van der Waals surface area contributed by atoms with Gasteiger partial charge in [0.1, 0.15) is 0 Å². The fraction of sp³-hybridized carbons (Fsp3) is 0.800. The molecule has 0 radical (unpaired) electrons. The molecule has 2 aliphatic rings. The number of nitrogens with one attached hydrogen (secondary N) is 1. The summed E-state index contributed by atoms with van der Waals surface area (Å²) in [5, 5.41) is 3.76. The maximum Gasteiger partial charge on any atom is 0.293 e. The van der Waals surface area contributed by atoms with Crippen molar-refractivity contribution in [1.29, 1.82) is 0 Å². The van der Waals surface area contributed by atoms with Crippen LogP contribution in [0.25, 0.3) is 0 Å². The average molecular weight is 243 g/mol. The average Bonchev–Trinajstić information content (AvgIpc) is 2.78. The van der Waals surface area contributed by atoms with E-state index in [2.05, 4.69) is 15.0 Å². The standard InChI is InChI=1S/C10H17N3O2S/c11-10-12-7-5-16-8(9(7)13-10)3-1-2-4-15-6-14/h6-9H,1-5H2,(H3,11,12,13)/t7-,8?,9-/m0/s1. The van der Waals surface area contributed by atoms with Crippen LogP contribution >= 0.6 is 11.8 Å². The number of ether oxygens (including phenoxy) is 1. The summed E-state index contributed by atoms with van der Waals surface area (Å²) < 4.78 is 4.65. The first-order valence-electron chi connectivity index (χ1n) is 5.58. The number of nitrogens with two attached hydrogens (primary N) is 1. The molecule has 0 saturated carbocycles. The van der Waals surface area contributed by atoms with Crippen LogP contribution < -0.4 is 11.1 Å². The van der Waals surface area contributed by atoms with Crippen LogP contribution in [-0.2, 0) is 9.53 Å². The van der Waals surface area contributed by atoms with E-state index in [1.165, 1.54) is 0 Å². The second-order valence-electron chi connectivity index (χ2n) is 4.09. The van der Waals surface area contributed by atoms with Gasteiger partial charge in [-0.2, -0.15) is 11.8 Å². The molecule has 0 spiro atoms. The van der Waals surface area contributed by atoms with Crippen molar-refractivity contribution in [3.8, 4) is 0 Å². The first-order chi connectivity index (χ1) is 7.81. The molecule has 0 aromatic heterocycles. The minimum absolute atomic E-state index is 0.344. The Balaban J connectivity index is 1.68. The summed E-state index contributed by atoms with van der Waals surface area (Å²) in [6, 6.07) is 0.776. The Morgan fingerprint density at radius 2 is 2.50 bits per heavy atom. The molecule has 1 saturated heterocycles. The molecule has 0 aromatic carbocycles. The summed E-state index contributed by atoms with van der Waals surface area (Å²) in [7, 11) is 0. The van der Waals surface area contributed by atoms with Gasteiger partial charge in [0, 0.05) is 11.0 Å². The van der Waals surface area contributed by atoms with Gasteiger partial charge in [0.15, 0.2) is 5.96 Å². The van der Waals surface area contributed by atoms with Gasteiger partial charge in [0.05, 0.1) is 18.7 Å². The lowest BCUT2D eigenvalue weighted by atomic mass is 10.0. The number of unbranched alkanes of at least 4 members (excludes halogenated alkanes) is 1. The minimum atomic E-state index is 0.344. The van der Waals surface area contributed by atoms with Crippen molar-refractivity contribution in [1.82, 2.24) is 5.32 Å². The molecule has 6 heteroatoms. The van der Waals surface area contributed by atoms with Gasteiger partial charge in [0.2, 0.25) is 0 Å². The van der Waals surface area contributed by atoms with Crippen LogP contribution in [0.3, 0.4) is 0 Å². The number of thioether (sulfide) groups is 1. The lowest BCUT2D eigenvalue weighted by Crippen LogP contribution is -2.38. The van der Waals surface area contributed by atoms with Gasteiger partial charge >= 0.3 is 0 Å². The normalized spacial score (nSPS) is 31.8. The lowest BCUT2D eigenvalue weighted by Gasteiger charge is -2.13. The van der Waals surface area contributed by atoms with Crippen LogP contribution in [0, 0.1) is 0 Å². The van der Waals surface area contributed by atoms with Crippen molar-refractivity contribution >= 4 is 24.2 Å². The highest BCUT2D eigenvalue weighted by Gasteiger charge is 2.39. The first kappa shape index (κ1) is 11.6. The summed E-state index contributed by atoms with van der Waals surface area (Å²) in [6.07, 6.45) is 3.12. The van der Waals surface area contributed by atoms with Crippen LogP contribution in [0.15, 0.2) is 4.99 Å². The van der Waals surface area contributed by atoms with Crippen molar-refractivity contribution in [3.05, 3.63) is 0 Å². The maximum atomic E-state index is 9.94. The molecule has 16 heavy (non-hydrogen) atoms. The fourth-order valence-electron chi connectivity index (χ4n) is 2.20. The quantitative estimate of drug-likeness (QED) is 0.511. The molecule has 3 N–H and O–H groups in total. The summed E-state index contributed by atoms with van der Waals surface area (Å²) in [5.74, 6) is 1.68. The number of carbonyl (C=O) groups is 1. The smallest absolute Gasteiger partial charge is 0.293 e. The molecule has 1 fully saturated rings. The van der Waals surface area contributed by atoms with Crippen LogP contribution in [0.2, 0.25) is 0 Å². The monoisotopic (exact) mass is 243 g/mol. The van der Waals surface area contributed by atoms with Crippen LogP contribution in [0.4, 0.5) is 0 Å². The number of hydrogen-bond donors (Lipinski definition) is 2. The van der Waals surface area contributed by atoms with E-state index in [1.54, 1.807) is 0 Å². The first-order valence-corrected chi connectivity index (χ1v) is 6.63. The molecule has 2 rings (SSSR count). The Labute approximate surface area is 99.2 Å². The zero-order chi connectivity index (χ0) is 11.4. The lowest BCUT2D eigenvalue weighted by molar-refractivity contribution is -0.128. The topological polar surface area (TPSA) is 76.7 Å². The summed E-state index contributed by atoms with van der Waals surface area (Å²) in [6.45, 7) is 1.03. The van der Waals surface area contributed by atoms with E-state index in [-0.39, 0.29) is 0 Å². The van der Waals surface area contributed by atoms with E-state index in [4.69, 9.17) is 5.73 Å². The zero-order valence-corrected chi connectivity index (χ0v) is 9.91. The number of rotatable bonds is 6. The van der Waals surface area contributed by atoms with E-state index in [1.807, 2.05) is 11.8 Å². The van der Waals surface area contributed by atoms with Gasteiger partial charge in [-0.1, -0.05) is 0 Å². The molecule has 0 amide bonds. The molecule has 90 valence electrons. The van der Waals surface area contributed by atoms with Crippen LogP contribution in [0.5, 0.6) is 0 Å². The molecule has 0 bridgehead atoms. The number of guanidine groups is 1. The Bertz CT molecular complexity index is 285. The van der Waals surface area contributed by atoms with Crippen molar-refractivity contribution in [2.45, 2.75) is 36.6 Å². The van der Waals surface area contributed by atoms with Crippen molar-refractivity contribution in [3.63, 3.8) is 0 Å². The molecule has 5 nitrogen and oxygen atoms in total. The molecule has 2 aliphatic heterocycles. The molecular weight excluding hydrogens is 226 g/mol. The summed E-state index contributed by atoms with van der Waals surface area (Å²) >= 11 is 1.96. The van der Waals surface area contributed by atoms with E-state index in [0.29, 0.717) is 36.4 Å². The SMILES string of the molecule is NC1=N[C@@H]2C(CCCCOC=O)SC[C@@H]2N1. The highest BCUT2D eigenvalue weighted by atomic mass is 32.2. The van der Waals surface area contributed by atoms with Gasteiger partial charge in [-0.3, -0.25) is 4.79 Å². The third kappa shape index (κ3) is 2.61. The minimum Gasteiger partial charge on any atom is -0.468 e. The van der Waals surface area contributed by atoms with Gasteiger partial charge in [-0.15, -0.1) is 0 Å². The second kappa shape index (κ2) is 5.43. The van der Waals surface area contributed by atoms with E-state index < -0.39 is 0 Å². The molecular formula is C10H17N3O2S. The van der Waals surface area contributed by atoms with Crippen molar-refractivity contribution in [2.24, 2.45) is 10.7 Å². The molecule has 2 heterocycles. The van der Waals surface area contributed by atoms with Crippen molar-refractivity contribution < 1.29 is 9.53 Å². The fourth-order valence-corrected chi connectivity index (χ4v) is 3.72. The van der Waals surface area contributed by atoms with Crippen molar-refractivity contribution in [2.75, 3.05) is 12.4 Å². The third-order valence-corrected chi connectivity index (χ3v) is 4.47. The molecule has 0 aliphatic carbocycles. The molecule has 3 atom stereocenters. The Morgan fingerprint density at radius 3 is 3.31 bits per heavy atom. The van der Waals surface area contributed by atoms with Gasteiger partial charge < -0.3 is 15.8 Å². The number of hydrogen-bond acceptors (Lipinski definition) is 6. The number of nitrogens with zero attached hydrogens (tertiary/aromatic N) is 1. The third-order valence-electron chi connectivity index (χ3n) is 2.97. The van der Waals surface area contributed by atoms with Gasteiger partial charge in [-0.05, 0) is 19.3 Å². The van der Waals surface area contributed by atoms with Crippen LogP contribution in [0.1, 0.15) is 19.3 Å². The molecule has 1 unspecified atom stereocenters. The Hall–Kier alpha value is -0.910. The predicted octanol–water partition coefficient (Wildman–Crippen LogP) is 0.100.